The van der Waals surface area contributed by atoms with Crippen molar-refractivity contribution in [3.8, 4) is 0 Å². The fourth-order valence-corrected chi connectivity index (χ4v) is 6.02. The van der Waals surface area contributed by atoms with Crippen LogP contribution in [0.4, 0.5) is 0 Å². The van der Waals surface area contributed by atoms with E-state index in [1.807, 2.05) is 51.1 Å². The number of nitrogens with zero attached hydrogens (tertiary/aromatic N) is 1. The highest BCUT2D eigenvalue weighted by molar-refractivity contribution is 7.99. The maximum Gasteiger partial charge on any atom is 0.243 e. The van der Waals surface area contributed by atoms with Crippen LogP contribution < -0.4 is 5.32 Å². The summed E-state index contributed by atoms with van der Waals surface area (Å²) in [6, 6.07) is 19.3. The second-order valence-electron chi connectivity index (χ2n) is 9.86. The molecule has 0 radical (unpaired) electrons. The SMILES string of the molecule is CC(C)(C)NC(=O)C(Cc1ccccc1)N(Cc1c(Cl)cccc1Cl)C(=O)CSCc1c(Cl)cccc1Cl. The van der Waals surface area contributed by atoms with E-state index in [1.165, 1.54) is 11.8 Å². The molecule has 1 N–H and O–H groups in total. The summed E-state index contributed by atoms with van der Waals surface area (Å²) in [5.74, 6) is 0.0800. The molecule has 2 amide bonds. The van der Waals surface area contributed by atoms with Gasteiger partial charge in [0.1, 0.15) is 6.04 Å². The largest absolute Gasteiger partial charge is 0.350 e. The van der Waals surface area contributed by atoms with Crippen LogP contribution in [-0.2, 0) is 28.3 Å². The molecule has 3 aromatic rings. The molecule has 1 unspecified atom stereocenters. The first-order valence-corrected chi connectivity index (χ1v) is 14.7. The molecule has 0 aromatic heterocycles. The van der Waals surface area contributed by atoms with E-state index in [0.29, 0.717) is 37.8 Å². The third-order valence-corrected chi connectivity index (χ3v) is 8.05. The minimum Gasteiger partial charge on any atom is -0.350 e. The number of carbonyl (C=O) groups excluding carboxylic acids is 2. The Morgan fingerprint density at radius 3 is 1.87 bits per heavy atom. The van der Waals surface area contributed by atoms with Gasteiger partial charge in [-0.05, 0) is 56.2 Å². The molecule has 0 saturated heterocycles. The number of nitrogens with one attached hydrogen (secondary N) is 1. The van der Waals surface area contributed by atoms with Gasteiger partial charge in [-0.2, -0.15) is 0 Å². The third-order valence-electron chi connectivity index (χ3n) is 5.69. The van der Waals surface area contributed by atoms with Crippen LogP contribution >= 0.6 is 58.2 Å². The molecule has 0 saturated carbocycles. The van der Waals surface area contributed by atoms with Crippen molar-refractivity contribution in [3.63, 3.8) is 0 Å². The normalized spacial score (nSPS) is 12.2. The minimum atomic E-state index is -0.791. The van der Waals surface area contributed by atoms with Crippen LogP contribution in [0, 0.1) is 0 Å². The van der Waals surface area contributed by atoms with Gasteiger partial charge in [0, 0.05) is 49.9 Å². The fraction of sp³-hybridized carbons (Fsp3) is 0.310. The number of rotatable bonds is 10. The molecule has 0 fully saturated rings. The van der Waals surface area contributed by atoms with Gasteiger partial charge in [0.05, 0.1) is 5.75 Å². The van der Waals surface area contributed by atoms with E-state index in [9.17, 15) is 9.59 Å². The molecule has 1 atom stereocenters. The van der Waals surface area contributed by atoms with Crippen LogP contribution in [0.3, 0.4) is 0 Å². The first-order valence-electron chi connectivity index (χ1n) is 12.0. The van der Waals surface area contributed by atoms with Crippen LogP contribution in [-0.4, -0.2) is 34.0 Å². The van der Waals surface area contributed by atoms with Gasteiger partial charge < -0.3 is 10.2 Å². The summed E-state index contributed by atoms with van der Waals surface area (Å²) in [6.07, 6.45) is 0.331. The van der Waals surface area contributed by atoms with E-state index < -0.39 is 11.6 Å². The molecule has 3 aromatic carbocycles. The molecule has 38 heavy (non-hydrogen) atoms. The fourth-order valence-electron chi connectivity index (χ4n) is 3.85. The lowest BCUT2D eigenvalue weighted by Gasteiger charge is -2.34. The van der Waals surface area contributed by atoms with Crippen LogP contribution in [0.2, 0.25) is 20.1 Å². The van der Waals surface area contributed by atoms with Crippen molar-refractivity contribution >= 4 is 70.0 Å². The average Bonchev–Trinajstić information content (AvgIpc) is 2.84. The molecule has 9 heteroatoms. The van der Waals surface area contributed by atoms with Gasteiger partial charge in [-0.25, -0.2) is 0 Å². The minimum absolute atomic E-state index is 0.0831. The highest BCUT2D eigenvalue weighted by Crippen LogP contribution is 2.30. The zero-order chi connectivity index (χ0) is 27.9. The Labute approximate surface area is 249 Å². The molecule has 0 bridgehead atoms. The number of halogens is 4. The Bertz CT molecular complexity index is 1220. The summed E-state index contributed by atoms with van der Waals surface area (Å²) in [5.41, 5.74) is 1.80. The van der Waals surface area contributed by atoms with Crippen molar-refractivity contribution < 1.29 is 9.59 Å². The lowest BCUT2D eigenvalue weighted by Crippen LogP contribution is -2.54. The first kappa shape index (κ1) is 30.6. The number of hydrogen-bond donors (Lipinski definition) is 1. The van der Waals surface area contributed by atoms with Crippen LogP contribution in [0.1, 0.15) is 37.5 Å². The summed E-state index contributed by atoms with van der Waals surface area (Å²) < 4.78 is 0. The Morgan fingerprint density at radius 2 is 1.34 bits per heavy atom. The van der Waals surface area contributed by atoms with Gasteiger partial charge in [-0.1, -0.05) is 88.9 Å². The molecule has 0 spiro atoms. The van der Waals surface area contributed by atoms with Gasteiger partial charge in [-0.15, -0.1) is 11.8 Å². The Hall–Kier alpha value is -1.89. The summed E-state index contributed by atoms with van der Waals surface area (Å²) in [5, 5.41) is 5.00. The summed E-state index contributed by atoms with van der Waals surface area (Å²) in [4.78, 5) is 29.0. The number of hydrogen-bond acceptors (Lipinski definition) is 3. The van der Waals surface area contributed by atoms with Gasteiger partial charge >= 0.3 is 0 Å². The van der Waals surface area contributed by atoms with Crippen molar-refractivity contribution in [2.75, 3.05) is 5.75 Å². The molecule has 0 aliphatic rings. The predicted molar refractivity (Wildman–Crippen MR) is 161 cm³/mol. The van der Waals surface area contributed by atoms with Crippen molar-refractivity contribution in [2.24, 2.45) is 0 Å². The number of carbonyl (C=O) groups is 2. The second kappa shape index (κ2) is 14.0. The van der Waals surface area contributed by atoms with Gasteiger partial charge in [0.15, 0.2) is 0 Å². The Morgan fingerprint density at radius 1 is 0.816 bits per heavy atom. The standard InChI is InChI=1S/C29H30Cl4N2O2S/c1-29(2,3)34-28(37)26(15-19-9-5-4-6-10-19)35(16-20-22(30)11-7-12-23(20)31)27(36)18-38-17-21-24(32)13-8-14-25(21)33/h4-14,26H,15-18H2,1-3H3,(H,34,37). The molecular formula is C29H30Cl4N2O2S. The van der Waals surface area contributed by atoms with Crippen molar-refractivity contribution in [1.82, 2.24) is 10.2 Å². The first-order chi connectivity index (χ1) is 18.0. The summed E-state index contributed by atoms with van der Waals surface area (Å²) in [6.45, 7) is 5.81. The maximum absolute atomic E-state index is 13.8. The third kappa shape index (κ3) is 8.82. The zero-order valence-corrected chi connectivity index (χ0v) is 25.3. The molecule has 0 aliphatic carbocycles. The molecule has 202 valence electrons. The van der Waals surface area contributed by atoms with E-state index >= 15 is 0 Å². The van der Waals surface area contributed by atoms with Gasteiger partial charge in [0.25, 0.3) is 0 Å². The summed E-state index contributed by atoms with van der Waals surface area (Å²) in [7, 11) is 0. The van der Waals surface area contributed by atoms with E-state index in [-0.39, 0.29) is 24.1 Å². The smallest absolute Gasteiger partial charge is 0.243 e. The highest BCUT2D eigenvalue weighted by Gasteiger charge is 2.33. The topological polar surface area (TPSA) is 49.4 Å². The lowest BCUT2D eigenvalue weighted by atomic mass is 10.0. The van der Waals surface area contributed by atoms with Crippen molar-refractivity contribution in [3.05, 3.63) is 104 Å². The van der Waals surface area contributed by atoms with E-state index in [0.717, 1.165) is 11.1 Å². The van der Waals surface area contributed by atoms with Crippen LogP contribution in [0.5, 0.6) is 0 Å². The van der Waals surface area contributed by atoms with Crippen molar-refractivity contribution in [2.45, 2.75) is 51.1 Å². The van der Waals surface area contributed by atoms with Crippen LogP contribution in [0.15, 0.2) is 66.7 Å². The maximum atomic E-state index is 13.8. The second-order valence-corrected chi connectivity index (χ2v) is 12.5. The van der Waals surface area contributed by atoms with Gasteiger partial charge in [0.2, 0.25) is 11.8 Å². The van der Waals surface area contributed by atoms with Gasteiger partial charge in [-0.3, -0.25) is 9.59 Å². The van der Waals surface area contributed by atoms with Crippen molar-refractivity contribution in [1.29, 1.82) is 0 Å². The van der Waals surface area contributed by atoms with E-state index in [1.54, 1.807) is 41.3 Å². The molecule has 4 nitrogen and oxygen atoms in total. The molecule has 0 aliphatic heterocycles. The number of amides is 2. The van der Waals surface area contributed by atoms with E-state index in [4.69, 9.17) is 46.4 Å². The quantitative estimate of drug-likeness (QED) is 0.252. The Balaban J connectivity index is 1.94. The molecule has 3 rings (SSSR count). The zero-order valence-electron chi connectivity index (χ0n) is 21.4. The predicted octanol–water partition coefficient (Wildman–Crippen LogP) is 8.09. The molecule has 0 heterocycles. The average molecular weight is 612 g/mol. The van der Waals surface area contributed by atoms with E-state index in [2.05, 4.69) is 5.32 Å². The monoisotopic (exact) mass is 610 g/mol. The molecular weight excluding hydrogens is 582 g/mol. The summed E-state index contributed by atoms with van der Waals surface area (Å²) >= 11 is 27.0. The highest BCUT2D eigenvalue weighted by atomic mass is 35.5. The van der Waals surface area contributed by atoms with Crippen LogP contribution in [0.25, 0.3) is 0 Å². The number of thioether (sulfide) groups is 1. The Kier molecular flexibility index (Phi) is 11.3. The lowest BCUT2D eigenvalue weighted by molar-refractivity contribution is -0.140. The number of benzene rings is 3.